The summed E-state index contributed by atoms with van der Waals surface area (Å²) in [5.41, 5.74) is 0.438. The van der Waals surface area contributed by atoms with Crippen molar-refractivity contribution in [1.29, 1.82) is 0 Å². The zero-order valence-corrected chi connectivity index (χ0v) is 12.9. The molecule has 1 aromatic heterocycles. The van der Waals surface area contributed by atoms with Gasteiger partial charge in [-0.15, -0.1) is 10.2 Å². The number of amides is 1. The first-order valence-corrected chi connectivity index (χ1v) is 7.39. The van der Waals surface area contributed by atoms with Crippen LogP contribution in [0.4, 0.5) is 5.13 Å². The van der Waals surface area contributed by atoms with Gasteiger partial charge in [-0.3, -0.25) is 10.1 Å². The number of thiocarbonyl (C=S) groups is 1. The molecule has 0 fully saturated rings. The normalized spacial score (nSPS) is 10.1. The van der Waals surface area contributed by atoms with Crippen LogP contribution in [-0.2, 0) is 6.42 Å². The number of anilines is 1. The maximum atomic E-state index is 11.9. The fraction of sp³-hybridized carbons (Fsp3) is 0.167. The highest BCUT2D eigenvalue weighted by Gasteiger charge is 2.10. The molecular formula is C12H11ClN4OS2. The van der Waals surface area contributed by atoms with Crippen molar-refractivity contribution in [3.05, 3.63) is 39.9 Å². The van der Waals surface area contributed by atoms with E-state index in [9.17, 15) is 4.79 Å². The average molecular weight is 327 g/mol. The van der Waals surface area contributed by atoms with Crippen LogP contribution in [0.5, 0.6) is 0 Å². The Morgan fingerprint density at radius 1 is 1.45 bits per heavy atom. The molecule has 0 radical (unpaired) electrons. The van der Waals surface area contributed by atoms with Crippen LogP contribution in [0.15, 0.2) is 24.3 Å². The van der Waals surface area contributed by atoms with Gasteiger partial charge in [-0.1, -0.05) is 35.9 Å². The number of nitrogens with one attached hydrogen (secondary N) is 2. The molecule has 0 saturated carbocycles. The molecule has 1 heterocycles. The lowest BCUT2D eigenvalue weighted by Crippen LogP contribution is -2.34. The van der Waals surface area contributed by atoms with Gasteiger partial charge in [0.05, 0.1) is 0 Å². The SMILES string of the molecule is CCc1nnc(NC(=S)NC(=O)c2cccc(Cl)c2)s1. The molecular weight excluding hydrogens is 316 g/mol. The number of aromatic nitrogens is 2. The van der Waals surface area contributed by atoms with Crippen molar-refractivity contribution >= 4 is 51.3 Å². The Kier molecular flexibility index (Phi) is 4.99. The summed E-state index contributed by atoms with van der Waals surface area (Å²) in [4.78, 5) is 11.9. The first-order valence-electron chi connectivity index (χ1n) is 5.78. The van der Waals surface area contributed by atoms with E-state index in [4.69, 9.17) is 23.8 Å². The van der Waals surface area contributed by atoms with Crippen LogP contribution in [0.3, 0.4) is 0 Å². The van der Waals surface area contributed by atoms with Gasteiger partial charge in [0.25, 0.3) is 5.91 Å². The van der Waals surface area contributed by atoms with Crippen molar-refractivity contribution in [3.63, 3.8) is 0 Å². The van der Waals surface area contributed by atoms with E-state index in [1.807, 2.05) is 6.92 Å². The third-order valence-electron chi connectivity index (χ3n) is 2.30. The zero-order valence-electron chi connectivity index (χ0n) is 10.5. The number of halogens is 1. The van der Waals surface area contributed by atoms with Gasteiger partial charge in [-0.2, -0.15) is 0 Å². The van der Waals surface area contributed by atoms with E-state index >= 15 is 0 Å². The molecule has 5 nitrogen and oxygen atoms in total. The minimum Gasteiger partial charge on any atom is -0.307 e. The maximum absolute atomic E-state index is 11.9. The fourth-order valence-electron chi connectivity index (χ4n) is 1.38. The van der Waals surface area contributed by atoms with Gasteiger partial charge in [0.2, 0.25) is 5.13 Å². The highest BCUT2D eigenvalue weighted by molar-refractivity contribution is 7.80. The standard InChI is InChI=1S/C12H11ClN4OS2/c1-2-9-16-17-12(20-9)15-11(19)14-10(18)7-4-3-5-8(13)6-7/h3-6H,2H2,1H3,(H2,14,15,17,18,19). The number of rotatable bonds is 3. The van der Waals surface area contributed by atoms with E-state index < -0.39 is 0 Å². The molecule has 0 aliphatic rings. The molecule has 0 spiro atoms. The van der Waals surface area contributed by atoms with Crippen molar-refractivity contribution in [2.45, 2.75) is 13.3 Å². The number of benzene rings is 1. The third-order valence-corrected chi connectivity index (χ3v) is 3.73. The summed E-state index contributed by atoms with van der Waals surface area (Å²) in [5.74, 6) is -0.328. The maximum Gasteiger partial charge on any atom is 0.257 e. The summed E-state index contributed by atoms with van der Waals surface area (Å²) < 4.78 is 0. The molecule has 1 amide bonds. The minimum absolute atomic E-state index is 0.175. The summed E-state index contributed by atoms with van der Waals surface area (Å²) in [6.07, 6.45) is 0.807. The molecule has 0 bridgehead atoms. The molecule has 0 saturated heterocycles. The topological polar surface area (TPSA) is 66.9 Å². The number of hydrogen-bond donors (Lipinski definition) is 2. The highest BCUT2D eigenvalue weighted by Crippen LogP contribution is 2.15. The lowest BCUT2D eigenvalue weighted by molar-refractivity contribution is 0.0977. The highest BCUT2D eigenvalue weighted by atomic mass is 35.5. The van der Waals surface area contributed by atoms with Crippen LogP contribution < -0.4 is 10.6 Å². The third kappa shape index (κ3) is 3.96. The summed E-state index contributed by atoms with van der Waals surface area (Å²) in [5, 5.41) is 15.4. The van der Waals surface area contributed by atoms with Crippen molar-refractivity contribution in [3.8, 4) is 0 Å². The first-order chi connectivity index (χ1) is 9.58. The zero-order chi connectivity index (χ0) is 14.5. The Morgan fingerprint density at radius 2 is 2.25 bits per heavy atom. The number of carbonyl (C=O) groups excluding carboxylic acids is 1. The molecule has 104 valence electrons. The predicted molar refractivity (Wildman–Crippen MR) is 84.4 cm³/mol. The van der Waals surface area contributed by atoms with E-state index in [0.29, 0.717) is 15.7 Å². The van der Waals surface area contributed by atoms with Crippen LogP contribution in [0.1, 0.15) is 22.3 Å². The quantitative estimate of drug-likeness (QED) is 0.849. The van der Waals surface area contributed by atoms with E-state index in [1.165, 1.54) is 11.3 Å². The summed E-state index contributed by atoms with van der Waals surface area (Å²) in [7, 11) is 0. The van der Waals surface area contributed by atoms with Gasteiger partial charge in [0, 0.05) is 10.6 Å². The molecule has 20 heavy (non-hydrogen) atoms. The molecule has 2 N–H and O–H groups in total. The second kappa shape index (κ2) is 6.74. The van der Waals surface area contributed by atoms with E-state index in [-0.39, 0.29) is 11.0 Å². The smallest absolute Gasteiger partial charge is 0.257 e. The number of nitrogens with zero attached hydrogens (tertiary/aromatic N) is 2. The van der Waals surface area contributed by atoms with Crippen LogP contribution in [0.25, 0.3) is 0 Å². The van der Waals surface area contributed by atoms with Gasteiger partial charge in [0.1, 0.15) is 5.01 Å². The molecule has 0 atom stereocenters. The molecule has 2 aromatic rings. The monoisotopic (exact) mass is 326 g/mol. The first kappa shape index (κ1) is 14.8. The van der Waals surface area contributed by atoms with Gasteiger partial charge >= 0.3 is 0 Å². The van der Waals surface area contributed by atoms with Crippen LogP contribution in [-0.4, -0.2) is 21.2 Å². The Labute approximate surface area is 130 Å². The Morgan fingerprint density at radius 3 is 2.90 bits per heavy atom. The van der Waals surface area contributed by atoms with Crippen molar-refractivity contribution in [2.75, 3.05) is 5.32 Å². The fourth-order valence-corrected chi connectivity index (χ4v) is 2.51. The summed E-state index contributed by atoms with van der Waals surface area (Å²) in [6, 6.07) is 6.62. The Bertz CT molecular complexity index is 644. The van der Waals surface area contributed by atoms with Crippen LogP contribution >= 0.6 is 35.2 Å². The summed E-state index contributed by atoms with van der Waals surface area (Å²) in [6.45, 7) is 1.99. The lowest BCUT2D eigenvalue weighted by atomic mass is 10.2. The molecule has 0 unspecified atom stereocenters. The van der Waals surface area contributed by atoms with E-state index in [1.54, 1.807) is 24.3 Å². The molecule has 1 aromatic carbocycles. The molecule has 0 aliphatic carbocycles. The average Bonchev–Trinajstić information content (AvgIpc) is 2.86. The second-order valence-electron chi connectivity index (χ2n) is 3.77. The Balaban J connectivity index is 1.95. The minimum atomic E-state index is -0.328. The van der Waals surface area contributed by atoms with Gasteiger partial charge < -0.3 is 5.32 Å². The molecule has 0 aliphatic heterocycles. The van der Waals surface area contributed by atoms with Gasteiger partial charge in [0.15, 0.2) is 5.11 Å². The van der Waals surface area contributed by atoms with Gasteiger partial charge in [-0.05, 0) is 36.8 Å². The van der Waals surface area contributed by atoms with E-state index in [2.05, 4.69) is 20.8 Å². The van der Waals surface area contributed by atoms with Crippen molar-refractivity contribution in [1.82, 2.24) is 15.5 Å². The largest absolute Gasteiger partial charge is 0.307 e. The van der Waals surface area contributed by atoms with Crippen molar-refractivity contribution < 1.29 is 4.79 Å². The van der Waals surface area contributed by atoms with Crippen LogP contribution in [0.2, 0.25) is 5.02 Å². The molecule has 2 rings (SSSR count). The molecule has 8 heteroatoms. The number of carbonyl (C=O) groups is 1. The summed E-state index contributed by atoms with van der Waals surface area (Å²) >= 11 is 12.3. The second-order valence-corrected chi connectivity index (χ2v) is 5.68. The van der Waals surface area contributed by atoms with Gasteiger partial charge in [-0.25, -0.2) is 0 Å². The van der Waals surface area contributed by atoms with Crippen LogP contribution in [0, 0.1) is 0 Å². The Hall–Kier alpha value is -1.57. The van der Waals surface area contributed by atoms with E-state index in [0.717, 1.165) is 11.4 Å². The number of hydrogen-bond acceptors (Lipinski definition) is 5. The number of aryl methyl sites for hydroxylation is 1. The lowest BCUT2D eigenvalue weighted by Gasteiger charge is -2.06. The predicted octanol–water partition coefficient (Wildman–Crippen LogP) is 2.88. The van der Waals surface area contributed by atoms with Crippen molar-refractivity contribution in [2.24, 2.45) is 0 Å².